The van der Waals surface area contributed by atoms with Gasteiger partial charge in [-0.15, -0.1) is 0 Å². The number of aliphatic imine (C=N–C) groups is 1. The fraction of sp³-hybridized carbons (Fsp3) is 0.143. The van der Waals surface area contributed by atoms with Crippen LogP contribution in [0.15, 0.2) is 40.2 Å². The van der Waals surface area contributed by atoms with Crippen LogP contribution in [0.2, 0.25) is 0 Å². The van der Waals surface area contributed by atoms with E-state index in [-0.39, 0.29) is 12.1 Å². The maximum absolute atomic E-state index is 12.0. The molecule has 1 aliphatic heterocycles. The highest BCUT2D eigenvalue weighted by molar-refractivity contribution is 9.10. The molecule has 1 aliphatic rings. The van der Waals surface area contributed by atoms with Gasteiger partial charge in [-0.2, -0.15) is 0 Å². The third kappa shape index (κ3) is 2.77. The number of amides is 1. The summed E-state index contributed by atoms with van der Waals surface area (Å²) in [5.74, 6) is -1.50. The number of rotatable bonds is 4. The summed E-state index contributed by atoms with van der Waals surface area (Å²) < 4.78 is 0.788. The van der Waals surface area contributed by atoms with Crippen molar-refractivity contribution in [2.75, 3.05) is 5.32 Å². The predicted molar refractivity (Wildman–Crippen MR) is 83.0 cm³/mol. The normalized spacial score (nSPS) is 16.4. The van der Waals surface area contributed by atoms with Gasteiger partial charge in [0.25, 0.3) is 5.91 Å². The molecule has 8 heteroatoms. The summed E-state index contributed by atoms with van der Waals surface area (Å²) in [7, 11) is 0. The third-order valence-electron chi connectivity index (χ3n) is 3.24. The molecular formula is C14H11BrN4O3. The lowest BCUT2D eigenvalue weighted by atomic mass is 10.1. The number of hydrogen-bond donors (Lipinski definition) is 3. The Kier molecular flexibility index (Phi) is 3.76. The van der Waals surface area contributed by atoms with Crippen molar-refractivity contribution in [1.29, 1.82) is 0 Å². The standard InChI is InChI=1S/C14H11BrN4O3/c15-7-1-2-10-9(3-7)12(13(20)19-10)18-11(14(21)22)4-8-5-16-6-17-8/h1-3,5-6,11H,4H2,(H,16,17)(H,21,22)(H,18,19,20). The molecule has 1 unspecified atom stereocenters. The molecule has 2 heterocycles. The van der Waals surface area contributed by atoms with Gasteiger partial charge in [0.05, 0.1) is 12.0 Å². The molecule has 3 N–H and O–H groups in total. The van der Waals surface area contributed by atoms with E-state index in [4.69, 9.17) is 0 Å². The number of H-pyrrole nitrogens is 1. The van der Waals surface area contributed by atoms with Crippen LogP contribution in [0, 0.1) is 0 Å². The van der Waals surface area contributed by atoms with Crippen molar-refractivity contribution in [3.63, 3.8) is 0 Å². The smallest absolute Gasteiger partial charge is 0.328 e. The monoisotopic (exact) mass is 362 g/mol. The highest BCUT2D eigenvalue weighted by Crippen LogP contribution is 2.27. The summed E-state index contributed by atoms with van der Waals surface area (Å²) in [6.07, 6.45) is 3.14. The van der Waals surface area contributed by atoms with E-state index in [2.05, 4.69) is 36.2 Å². The van der Waals surface area contributed by atoms with E-state index in [0.717, 1.165) is 4.47 Å². The van der Waals surface area contributed by atoms with Crippen LogP contribution in [0.25, 0.3) is 0 Å². The molecule has 1 amide bonds. The Morgan fingerprint density at radius 3 is 2.95 bits per heavy atom. The third-order valence-corrected chi connectivity index (χ3v) is 3.73. The lowest BCUT2D eigenvalue weighted by molar-refractivity contribution is -0.138. The van der Waals surface area contributed by atoms with Crippen molar-refractivity contribution in [1.82, 2.24) is 9.97 Å². The Morgan fingerprint density at radius 1 is 1.45 bits per heavy atom. The highest BCUT2D eigenvalue weighted by Gasteiger charge is 2.29. The summed E-state index contributed by atoms with van der Waals surface area (Å²) in [4.78, 5) is 34.3. The van der Waals surface area contributed by atoms with Gasteiger partial charge >= 0.3 is 5.97 Å². The largest absolute Gasteiger partial charge is 0.480 e. The average molecular weight is 363 g/mol. The number of fused-ring (bicyclic) bond motifs is 1. The van der Waals surface area contributed by atoms with Gasteiger partial charge in [-0.1, -0.05) is 15.9 Å². The molecule has 0 bridgehead atoms. The number of imidazole rings is 1. The number of carbonyl (C=O) groups excluding carboxylic acids is 1. The first-order chi connectivity index (χ1) is 10.5. The fourth-order valence-electron chi connectivity index (χ4n) is 2.20. The van der Waals surface area contributed by atoms with Crippen LogP contribution < -0.4 is 5.32 Å². The van der Waals surface area contributed by atoms with Gasteiger partial charge in [-0.05, 0) is 18.2 Å². The van der Waals surface area contributed by atoms with Crippen molar-refractivity contribution < 1.29 is 14.7 Å². The van der Waals surface area contributed by atoms with Gasteiger partial charge < -0.3 is 15.4 Å². The number of aromatic amines is 1. The molecule has 0 spiro atoms. The van der Waals surface area contributed by atoms with Gasteiger partial charge in [-0.25, -0.2) is 9.78 Å². The van der Waals surface area contributed by atoms with Crippen molar-refractivity contribution >= 4 is 39.2 Å². The molecule has 1 aromatic heterocycles. The van der Waals surface area contributed by atoms with Crippen LogP contribution in [0.5, 0.6) is 0 Å². The minimum atomic E-state index is -1.10. The maximum Gasteiger partial charge on any atom is 0.328 e. The van der Waals surface area contributed by atoms with Gasteiger partial charge in [-0.3, -0.25) is 9.79 Å². The van der Waals surface area contributed by atoms with Crippen LogP contribution in [0.3, 0.4) is 0 Å². The Balaban J connectivity index is 1.97. The minimum absolute atomic E-state index is 0.128. The number of nitrogens with one attached hydrogen (secondary N) is 2. The van der Waals surface area contributed by atoms with E-state index < -0.39 is 17.9 Å². The Morgan fingerprint density at radius 2 is 2.27 bits per heavy atom. The number of aromatic nitrogens is 2. The SMILES string of the molecule is O=C1Nc2ccc(Br)cc2C1=NC(Cc1cnc[nH]1)C(=O)O. The van der Waals surface area contributed by atoms with Crippen LogP contribution in [-0.2, 0) is 16.0 Å². The molecule has 2 aromatic rings. The Hall–Kier alpha value is -2.48. The Labute approximate surface area is 133 Å². The summed E-state index contributed by atoms with van der Waals surface area (Å²) in [5.41, 5.74) is 1.99. The zero-order valence-electron chi connectivity index (χ0n) is 11.2. The van der Waals surface area contributed by atoms with Crippen molar-refractivity contribution in [3.05, 3.63) is 46.5 Å². The van der Waals surface area contributed by atoms with E-state index in [9.17, 15) is 14.7 Å². The predicted octanol–water partition coefficient (Wildman–Crippen LogP) is 1.61. The molecule has 1 atom stereocenters. The molecule has 0 radical (unpaired) electrons. The molecule has 22 heavy (non-hydrogen) atoms. The molecule has 1 aromatic carbocycles. The molecule has 3 rings (SSSR count). The molecule has 0 fully saturated rings. The zero-order chi connectivity index (χ0) is 15.7. The quantitative estimate of drug-likeness (QED) is 0.767. The fourth-order valence-corrected chi connectivity index (χ4v) is 2.56. The first-order valence-electron chi connectivity index (χ1n) is 6.43. The summed E-state index contributed by atoms with van der Waals surface area (Å²) in [6, 6.07) is 4.21. The second-order valence-corrected chi connectivity index (χ2v) is 5.67. The van der Waals surface area contributed by atoms with Crippen LogP contribution in [0.1, 0.15) is 11.3 Å². The van der Waals surface area contributed by atoms with Gasteiger partial charge in [0.2, 0.25) is 0 Å². The van der Waals surface area contributed by atoms with Gasteiger partial charge in [0.1, 0.15) is 5.71 Å². The molecular weight excluding hydrogens is 352 g/mol. The second-order valence-electron chi connectivity index (χ2n) is 4.76. The number of hydrogen-bond acceptors (Lipinski definition) is 4. The average Bonchev–Trinajstić information content (AvgIpc) is 3.07. The summed E-state index contributed by atoms with van der Waals surface area (Å²) in [6.45, 7) is 0. The lowest BCUT2D eigenvalue weighted by Gasteiger charge is -2.07. The molecule has 112 valence electrons. The molecule has 7 nitrogen and oxygen atoms in total. The maximum atomic E-state index is 12.0. The highest BCUT2D eigenvalue weighted by atomic mass is 79.9. The summed E-state index contributed by atoms with van der Waals surface area (Å²) >= 11 is 3.33. The number of nitrogens with zero attached hydrogens (tertiary/aromatic N) is 2. The molecule has 0 saturated heterocycles. The van der Waals surface area contributed by atoms with Crippen molar-refractivity contribution in [2.45, 2.75) is 12.5 Å². The zero-order valence-corrected chi connectivity index (χ0v) is 12.8. The topological polar surface area (TPSA) is 107 Å². The van der Waals surface area contributed by atoms with Gasteiger partial charge in [0, 0.05) is 28.3 Å². The van der Waals surface area contributed by atoms with E-state index in [1.807, 2.05) is 0 Å². The van der Waals surface area contributed by atoms with E-state index >= 15 is 0 Å². The van der Waals surface area contributed by atoms with E-state index in [0.29, 0.717) is 16.9 Å². The lowest BCUT2D eigenvalue weighted by Crippen LogP contribution is -2.25. The first-order valence-corrected chi connectivity index (χ1v) is 7.23. The number of carboxylic acid groups (broad SMARTS) is 1. The number of aliphatic carboxylic acids is 1. The van der Waals surface area contributed by atoms with E-state index in [1.54, 1.807) is 18.2 Å². The van der Waals surface area contributed by atoms with Crippen molar-refractivity contribution in [3.8, 4) is 0 Å². The Bertz CT molecular complexity index is 770. The van der Waals surface area contributed by atoms with Gasteiger partial charge in [0.15, 0.2) is 6.04 Å². The molecule has 0 saturated carbocycles. The van der Waals surface area contributed by atoms with Crippen LogP contribution >= 0.6 is 15.9 Å². The number of carboxylic acids is 1. The van der Waals surface area contributed by atoms with Crippen molar-refractivity contribution in [2.24, 2.45) is 4.99 Å². The minimum Gasteiger partial charge on any atom is -0.480 e. The van der Waals surface area contributed by atoms with Crippen LogP contribution in [-0.4, -0.2) is 38.7 Å². The first kappa shape index (κ1) is 14.5. The number of halogens is 1. The number of carbonyl (C=O) groups is 2. The summed E-state index contributed by atoms with van der Waals surface area (Å²) in [5, 5.41) is 12.0. The second kappa shape index (κ2) is 5.72. The van der Waals surface area contributed by atoms with Crippen LogP contribution in [0.4, 0.5) is 5.69 Å². The number of benzene rings is 1. The molecule has 0 aliphatic carbocycles. The van der Waals surface area contributed by atoms with E-state index in [1.165, 1.54) is 12.5 Å². The number of anilines is 1.